The normalized spacial score (nSPS) is 15.2. The molecule has 0 aliphatic heterocycles. The zero-order valence-electron chi connectivity index (χ0n) is 15.8. The van der Waals surface area contributed by atoms with Crippen LogP contribution >= 0.6 is 23.6 Å². The van der Waals surface area contributed by atoms with E-state index in [0.717, 1.165) is 39.8 Å². The molecule has 0 fully saturated rings. The highest BCUT2D eigenvalue weighted by Gasteiger charge is 2.23. The average Bonchev–Trinajstić information content (AvgIpc) is 2.68. The number of carbonyl (C=O) groups is 1. The van der Waals surface area contributed by atoms with E-state index < -0.39 is 0 Å². The summed E-state index contributed by atoms with van der Waals surface area (Å²) in [5.74, 6) is 0.919. The molecule has 144 valence electrons. The number of nitrogens with zero attached hydrogens (tertiary/aromatic N) is 1. The molecule has 1 N–H and O–H groups in total. The molecule has 1 aromatic carbocycles. The fourth-order valence-corrected chi connectivity index (χ4v) is 4.83. The van der Waals surface area contributed by atoms with Crippen molar-refractivity contribution in [2.45, 2.75) is 32.6 Å². The number of benzene rings is 1. The lowest BCUT2D eigenvalue weighted by atomic mass is 9.85. The van der Waals surface area contributed by atoms with Crippen molar-refractivity contribution in [3.8, 4) is 11.8 Å². The van der Waals surface area contributed by atoms with E-state index in [9.17, 15) is 10.1 Å². The van der Waals surface area contributed by atoms with Crippen molar-refractivity contribution < 1.29 is 9.53 Å². The Morgan fingerprint density at radius 2 is 2.25 bits per heavy atom. The van der Waals surface area contributed by atoms with Gasteiger partial charge in [-0.05, 0) is 54.4 Å². The molecular formula is C22H22N2O2S2. The van der Waals surface area contributed by atoms with Crippen LogP contribution in [0.1, 0.15) is 35.6 Å². The molecule has 0 radical (unpaired) electrons. The lowest BCUT2D eigenvalue weighted by Gasteiger charge is -2.23. The largest absolute Gasteiger partial charge is 0.483 e. The number of nitrogens with one attached hydrogen (secondary N) is 1. The van der Waals surface area contributed by atoms with Gasteiger partial charge in [-0.3, -0.25) is 4.79 Å². The van der Waals surface area contributed by atoms with Crippen LogP contribution < -0.4 is 10.1 Å². The van der Waals surface area contributed by atoms with Gasteiger partial charge in [0.05, 0.1) is 9.39 Å². The van der Waals surface area contributed by atoms with E-state index in [1.165, 1.54) is 11.3 Å². The van der Waals surface area contributed by atoms with Gasteiger partial charge in [-0.2, -0.15) is 5.26 Å². The van der Waals surface area contributed by atoms with E-state index in [0.29, 0.717) is 28.7 Å². The minimum absolute atomic E-state index is 0.132. The monoisotopic (exact) mass is 410 g/mol. The van der Waals surface area contributed by atoms with Crippen molar-refractivity contribution in [1.29, 1.82) is 5.26 Å². The summed E-state index contributed by atoms with van der Waals surface area (Å²) in [5.41, 5.74) is 3.61. The molecule has 1 aliphatic rings. The van der Waals surface area contributed by atoms with Gasteiger partial charge in [0.1, 0.15) is 16.8 Å². The molecule has 1 amide bonds. The zero-order valence-corrected chi connectivity index (χ0v) is 17.4. The van der Waals surface area contributed by atoms with Gasteiger partial charge in [-0.25, -0.2) is 0 Å². The first-order valence-electron chi connectivity index (χ1n) is 9.23. The zero-order chi connectivity index (χ0) is 20.1. The van der Waals surface area contributed by atoms with Gasteiger partial charge < -0.3 is 10.1 Å². The highest BCUT2D eigenvalue weighted by atomic mass is 32.1. The van der Waals surface area contributed by atoms with Gasteiger partial charge in [-0.15, -0.1) is 17.9 Å². The second kappa shape index (κ2) is 9.13. The molecule has 0 saturated carbocycles. The molecule has 6 heteroatoms. The number of para-hydroxylation sites is 1. The maximum Gasteiger partial charge on any atom is 0.262 e. The van der Waals surface area contributed by atoms with Crippen LogP contribution in [-0.4, -0.2) is 12.5 Å². The number of hydrogen-bond donors (Lipinski definition) is 1. The predicted octanol–water partition coefficient (Wildman–Crippen LogP) is 5.22. The van der Waals surface area contributed by atoms with E-state index in [1.54, 1.807) is 6.08 Å². The van der Waals surface area contributed by atoms with E-state index >= 15 is 0 Å². The van der Waals surface area contributed by atoms with Crippen LogP contribution in [-0.2, 0) is 24.1 Å². The number of amides is 1. The van der Waals surface area contributed by atoms with Crippen molar-refractivity contribution in [2.75, 3.05) is 11.9 Å². The molecule has 4 nitrogen and oxygen atoms in total. The number of ether oxygens (including phenoxy) is 1. The molecule has 1 aliphatic carbocycles. The molecule has 3 rings (SSSR count). The van der Waals surface area contributed by atoms with Gasteiger partial charge in [-0.1, -0.05) is 43.4 Å². The van der Waals surface area contributed by atoms with Gasteiger partial charge in [0.25, 0.3) is 5.91 Å². The quantitative estimate of drug-likeness (QED) is 0.524. The molecular weight excluding hydrogens is 388 g/mol. The Balaban J connectivity index is 1.76. The van der Waals surface area contributed by atoms with Crippen molar-refractivity contribution in [3.05, 3.63) is 63.0 Å². The van der Waals surface area contributed by atoms with Gasteiger partial charge in [0.15, 0.2) is 6.61 Å². The lowest BCUT2D eigenvalue weighted by molar-refractivity contribution is -0.118. The molecule has 1 unspecified atom stereocenters. The van der Waals surface area contributed by atoms with Crippen LogP contribution in [0.15, 0.2) is 36.9 Å². The fourth-order valence-electron chi connectivity index (χ4n) is 3.42. The first-order chi connectivity index (χ1) is 13.5. The van der Waals surface area contributed by atoms with Gasteiger partial charge >= 0.3 is 0 Å². The van der Waals surface area contributed by atoms with E-state index in [2.05, 4.69) is 24.9 Å². The lowest BCUT2D eigenvalue weighted by Crippen LogP contribution is -2.22. The highest BCUT2D eigenvalue weighted by molar-refractivity contribution is 7.73. The third-order valence-electron chi connectivity index (χ3n) is 4.83. The Labute approximate surface area is 174 Å². The first-order valence-corrected chi connectivity index (χ1v) is 10.5. The second-order valence-corrected chi connectivity index (χ2v) is 8.64. The number of allylic oxidation sites excluding steroid dienone is 1. The summed E-state index contributed by atoms with van der Waals surface area (Å²) >= 11 is 6.84. The fraction of sp³-hybridized carbons (Fsp3) is 0.318. The number of hydrogen-bond acceptors (Lipinski definition) is 5. The SMILES string of the molecule is C=CCc1ccccc1OCC(=O)Nc1sc(=S)c2c(c1C#N)CCC(C)C2. The Morgan fingerprint density at radius 1 is 1.46 bits per heavy atom. The summed E-state index contributed by atoms with van der Waals surface area (Å²) in [6.45, 7) is 5.81. The molecule has 1 heterocycles. The number of nitriles is 1. The van der Waals surface area contributed by atoms with Crippen LogP contribution in [0, 0.1) is 21.1 Å². The van der Waals surface area contributed by atoms with Crippen molar-refractivity contribution >= 4 is 34.5 Å². The van der Waals surface area contributed by atoms with Gasteiger partial charge in [0.2, 0.25) is 0 Å². The van der Waals surface area contributed by atoms with E-state index in [4.69, 9.17) is 17.0 Å². The van der Waals surface area contributed by atoms with Crippen LogP contribution in [0.5, 0.6) is 5.75 Å². The smallest absolute Gasteiger partial charge is 0.262 e. The third kappa shape index (κ3) is 4.49. The van der Waals surface area contributed by atoms with Crippen molar-refractivity contribution in [1.82, 2.24) is 0 Å². The Kier molecular flexibility index (Phi) is 6.61. The average molecular weight is 411 g/mol. The second-order valence-electron chi connectivity index (χ2n) is 6.95. The minimum atomic E-state index is -0.306. The summed E-state index contributed by atoms with van der Waals surface area (Å²) in [4.78, 5) is 12.5. The molecule has 28 heavy (non-hydrogen) atoms. The Morgan fingerprint density at radius 3 is 3.00 bits per heavy atom. The molecule has 0 saturated heterocycles. The summed E-state index contributed by atoms with van der Waals surface area (Å²) in [6, 6.07) is 9.83. The maximum absolute atomic E-state index is 12.5. The Bertz CT molecular complexity index is 1000. The van der Waals surface area contributed by atoms with Crippen LogP contribution in [0.4, 0.5) is 5.00 Å². The van der Waals surface area contributed by atoms with E-state index in [1.807, 2.05) is 24.3 Å². The van der Waals surface area contributed by atoms with Gasteiger partial charge in [0, 0.05) is 0 Å². The summed E-state index contributed by atoms with van der Waals surface area (Å²) in [7, 11) is 0. The maximum atomic E-state index is 12.5. The summed E-state index contributed by atoms with van der Waals surface area (Å²) in [5, 5.41) is 13.0. The van der Waals surface area contributed by atoms with Crippen molar-refractivity contribution in [3.63, 3.8) is 0 Å². The van der Waals surface area contributed by atoms with Crippen LogP contribution in [0.2, 0.25) is 0 Å². The van der Waals surface area contributed by atoms with Crippen molar-refractivity contribution in [2.24, 2.45) is 5.92 Å². The standard InChI is InChI=1S/C22H22N2O2S2/c1-3-6-15-7-4-5-8-19(15)26-13-20(25)24-21-18(12-23)16-10-9-14(2)11-17(16)22(27)28-21/h3-5,7-8,14H,1,6,9-11,13H2,2H3,(H,24,25). The number of rotatable bonds is 6. The molecule has 0 spiro atoms. The molecule has 1 aromatic heterocycles. The van der Waals surface area contributed by atoms with E-state index in [-0.39, 0.29) is 12.5 Å². The number of fused-ring (bicyclic) bond motifs is 1. The van der Waals surface area contributed by atoms with Crippen LogP contribution in [0.3, 0.4) is 0 Å². The molecule has 2 aromatic rings. The topological polar surface area (TPSA) is 62.1 Å². The Hall–Kier alpha value is -2.49. The molecule has 1 atom stereocenters. The first kappa shape index (κ1) is 20.2. The number of anilines is 1. The minimum Gasteiger partial charge on any atom is -0.483 e. The third-order valence-corrected chi connectivity index (χ3v) is 6.27. The predicted molar refractivity (Wildman–Crippen MR) is 116 cm³/mol. The summed E-state index contributed by atoms with van der Waals surface area (Å²) in [6.07, 6.45) is 5.21. The number of carbonyl (C=O) groups excluding carboxylic acids is 1. The van der Waals surface area contributed by atoms with Crippen LogP contribution in [0.25, 0.3) is 0 Å². The highest BCUT2D eigenvalue weighted by Crippen LogP contribution is 2.35. The molecule has 0 bridgehead atoms. The summed E-state index contributed by atoms with van der Waals surface area (Å²) < 4.78 is 6.45.